The van der Waals surface area contributed by atoms with E-state index in [0.717, 1.165) is 55.9 Å². The standard InChI is InChI=1S/C20H26N2O3.C2HF3O2/c1-15-5-4-8-18(21-15)11-25-14-20-12-22(9-17(20)10-24-13-20)19(23)16-6-2-3-7-16;3-2(4,5)1(6)7/h4-6,8,17H,2-3,7,9-14H2,1H3;(H,6,7)/t17-,20+;/m1./s1. The Labute approximate surface area is 184 Å². The SMILES string of the molecule is Cc1cccc(COC[C@]23COC[C@H]2CN(C(=O)C2=CCCC2)C3)n1.O=C(O)C(F)(F)F. The average molecular weight is 456 g/mol. The molecule has 0 unspecified atom stereocenters. The van der Waals surface area contributed by atoms with Gasteiger partial charge >= 0.3 is 12.1 Å². The average Bonchev–Trinajstić information content (AvgIpc) is 3.43. The fourth-order valence-electron chi connectivity index (χ4n) is 4.30. The van der Waals surface area contributed by atoms with Crippen LogP contribution in [0.4, 0.5) is 13.2 Å². The van der Waals surface area contributed by atoms with Gasteiger partial charge in [-0.25, -0.2) is 4.79 Å². The number of carbonyl (C=O) groups is 2. The van der Waals surface area contributed by atoms with Crippen LogP contribution in [0.25, 0.3) is 0 Å². The lowest BCUT2D eigenvalue weighted by molar-refractivity contribution is -0.192. The highest BCUT2D eigenvalue weighted by Gasteiger charge is 2.52. The quantitative estimate of drug-likeness (QED) is 0.733. The van der Waals surface area contributed by atoms with E-state index in [-0.39, 0.29) is 11.3 Å². The van der Waals surface area contributed by atoms with Crippen LogP contribution in [0.5, 0.6) is 0 Å². The highest BCUT2D eigenvalue weighted by Crippen LogP contribution is 2.42. The fourth-order valence-corrected chi connectivity index (χ4v) is 4.30. The first-order valence-electron chi connectivity index (χ1n) is 10.5. The lowest BCUT2D eigenvalue weighted by Gasteiger charge is -2.27. The number of aryl methyl sites for hydroxylation is 1. The minimum atomic E-state index is -5.08. The summed E-state index contributed by atoms with van der Waals surface area (Å²) in [6.07, 6.45) is 0.108. The van der Waals surface area contributed by atoms with Gasteiger partial charge < -0.3 is 19.5 Å². The molecule has 2 atom stereocenters. The number of hydrogen-bond acceptors (Lipinski definition) is 5. The van der Waals surface area contributed by atoms with Gasteiger partial charge in [-0.2, -0.15) is 13.2 Å². The van der Waals surface area contributed by atoms with Gasteiger partial charge in [-0.3, -0.25) is 9.78 Å². The molecule has 1 N–H and O–H groups in total. The Balaban J connectivity index is 0.000000360. The number of rotatable bonds is 5. The third-order valence-corrected chi connectivity index (χ3v) is 5.95. The number of ether oxygens (including phenoxy) is 2. The molecule has 2 aliphatic heterocycles. The third-order valence-electron chi connectivity index (χ3n) is 5.95. The number of halogens is 3. The van der Waals surface area contributed by atoms with Crippen molar-refractivity contribution in [2.75, 3.05) is 32.9 Å². The summed E-state index contributed by atoms with van der Waals surface area (Å²) in [7, 11) is 0. The molecule has 32 heavy (non-hydrogen) atoms. The summed E-state index contributed by atoms with van der Waals surface area (Å²) in [5.41, 5.74) is 2.90. The second-order valence-corrected chi connectivity index (χ2v) is 8.45. The molecule has 1 amide bonds. The van der Waals surface area contributed by atoms with Crippen molar-refractivity contribution < 1.29 is 37.3 Å². The number of allylic oxidation sites excluding steroid dienone is 1. The predicted octanol–water partition coefficient (Wildman–Crippen LogP) is 3.13. The largest absolute Gasteiger partial charge is 0.490 e. The van der Waals surface area contributed by atoms with Crippen molar-refractivity contribution in [1.82, 2.24) is 9.88 Å². The second-order valence-electron chi connectivity index (χ2n) is 8.45. The van der Waals surface area contributed by atoms with E-state index in [0.29, 0.717) is 25.7 Å². The van der Waals surface area contributed by atoms with E-state index in [2.05, 4.69) is 11.1 Å². The van der Waals surface area contributed by atoms with Crippen LogP contribution in [0.2, 0.25) is 0 Å². The van der Waals surface area contributed by atoms with Gasteiger partial charge in [-0.05, 0) is 38.3 Å². The molecule has 0 saturated carbocycles. The molecule has 3 heterocycles. The van der Waals surface area contributed by atoms with Crippen molar-refractivity contribution in [3.8, 4) is 0 Å². The molecule has 0 aromatic carbocycles. The first kappa shape index (κ1) is 24.2. The highest BCUT2D eigenvalue weighted by molar-refractivity contribution is 5.94. The van der Waals surface area contributed by atoms with Crippen molar-refractivity contribution in [2.24, 2.45) is 11.3 Å². The van der Waals surface area contributed by atoms with Gasteiger partial charge in [-0.1, -0.05) is 12.1 Å². The summed E-state index contributed by atoms with van der Waals surface area (Å²) in [6, 6.07) is 5.98. The molecular formula is C22H27F3N2O5. The Morgan fingerprint density at radius 3 is 2.75 bits per heavy atom. The van der Waals surface area contributed by atoms with E-state index >= 15 is 0 Å². The van der Waals surface area contributed by atoms with Crippen LogP contribution in [-0.4, -0.2) is 66.0 Å². The number of hydrogen-bond donors (Lipinski definition) is 1. The number of alkyl halides is 3. The predicted molar refractivity (Wildman–Crippen MR) is 108 cm³/mol. The van der Waals surface area contributed by atoms with Gasteiger partial charge in [0, 0.05) is 35.7 Å². The number of aliphatic carboxylic acids is 1. The van der Waals surface area contributed by atoms with Gasteiger partial charge in [0.15, 0.2) is 0 Å². The van der Waals surface area contributed by atoms with E-state index in [4.69, 9.17) is 19.4 Å². The molecular weight excluding hydrogens is 429 g/mol. The van der Waals surface area contributed by atoms with E-state index in [1.807, 2.05) is 30.0 Å². The van der Waals surface area contributed by atoms with E-state index in [9.17, 15) is 18.0 Å². The van der Waals surface area contributed by atoms with Gasteiger partial charge in [-0.15, -0.1) is 0 Å². The lowest BCUT2D eigenvalue weighted by atomic mass is 9.82. The number of amides is 1. The zero-order valence-electron chi connectivity index (χ0n) is 17.9. The Morgan fingerprint density at radius 2 is 2.12 bits per heavy atom. The van der Waals surface area contributed by atoms with Gasteiger partial charge in [0.05, 0.1) is 32.1 Å². The molecule has 7 nitrogen and oxygen atoms in total. The Kier molecular flexibility index (Phi) is 7.55. The maximum Gasteiger partial charge on any atom is 0.490 e. The Morgan fingerprint density at radius 1 is 1.38 bits per heavy atom. The van der Waals surface area contributed by atoms with Crippen LogP contribution < -0.4 is 0 Å². The van der Waals surface area contributed by atoms with Crippen LogP contribution in [0.3, 0.4) is 0 Å². The van der Waals surface area contributed by atoms with Crippen LogP contribution in [-0.2, 0) is 25.7 Å². The summed E-state index contributed by atoms with van der Waals surface area (Å²) < 4.78 is 43.5. The van der Waals surface area contributed by atoms with Crippen LogP contribution in [0, 0.1) is 18.3 Å². The minimum absolute atomic E-state index is 0.0569. The molecule has 10 heteroatoms. The summed E-state index contributed by atoms with van der Waals surface area (Å²) in [5.74, 6) is -2.15. The molecule has 1 aliphatic carbocycles. The third kappa shape index (κ3) is 5.86. The number of carboxylic acids is 1. The van der Waals surface area contributed by atoms with Crippen LogP contribution in [0.15, 0.2) is 29.8 Å². The monoisotopic (exact) mass is 456 g/mol. The maximum absolute atomic E-state index is 12.7. The number of pyridine rings is 1. The number of carboxylic acid groups (broad SMARTS) is 1. The smallest absolute Gasteiger partial charge is 0.475 e. The topological polar surface area (TPSA) is 89.0 Å². The summed E-state index contributed by atoms with van der Waals surface area (Å²) in [6.45, 7) is 6.07. The summed E-state index contributed by atoms with van der Waals surface area (Å²) >= 11 is 0. The molecule has 0 bridgehead atoms. The molecule has 1 aromatic heterocycles. The molecule has 4 rings (SSSR count). The van der Waals surface area contributed by atoms with Gasteiger partial charge in [0.1, 0.15) is 0 Å². The van der Waals surface area contributed by atoms with Gasteiger partial charge in [0.2, 0.25) is 5.91 Å². The summed E-state index contributed by atoms with van der Waals surface area (Å²) in [5, 5.41) is 7.12. The molecule has 176 valence electrons. The number of likely N-dealkylation sites (tertiary alicyclic amines) is 1. The lowest BCUT2D eigenvalue weighted by Crippen LogP contribution is -2.37. The molecule has 2 saturated heterocycles. The van der Waals surface area contributed by atoms with Crippen molar-refractivity contribution >= 4 is 11.9 Å². The van der Waals surface area contributed by atoms with E-state index < -0.39 is 12.1 Å². The summed E-state index contributed by atoms with van der Waals surface area (Å²) in [4.78, 5) is 28.1. The molecule has 1 aromatic rings. The molecule has 3 aliphatic rings. The zero-order valence-corrected chi connectivity index (χ0v) is 17.9. The number of nitrogens with zero attached hydrogens (tertiary/aromatic N) is 2. The molecule has 0 radical (unpaired) electrons. The van der Waals surface area contributed by atoms with Crippen LogP contribution in [0.1, 0.15) is 30.7 Å². The minimum Gasteiger partial charge on any atom is -0.475 e. The van der Waals surface area contributed by atoms with Crippen molar-refractivity contribution in [1.29, 1.82) is 0 Å². The van der Waals surface area contributed by atoms with E-state index in [1.54, 1.807) is 0 Å². The Bertz CT molecular complexity index is 873. The van der Waals surface area contributed by atoms with Crippen molar-refractivity contribution in [3.63, 3.8) is 0 Å². The van der Waals surface area contributed by atoms with Crippen molar-refractivity contribution in [3.05, 3.63) is 41.2 Å². The number of fused-ring (bicyclic) bond motifs is 1. The zero-order chi connectivity index (χ0) is 23.4. The number of carbonyl (C=O) groups excluding carboxylic acids is 1. The van der Waals surface area contributed by atoms with Crippen LogP contribution >= 0.6 is 0 Å². The van der Waals surface area contributed by atoms with Crippen molar-refractivity contribution in [2.45, 2.75) is 39.0 Å². The molecule has 0 spiro atoms. The maximum atomic E-state index is 12.7. The first-order valence-corrected chi connectivity index (χ1v) is 10.5. The number of aromatic nitrogens is 1. The Hall–Kier alpha value is -2.46. The normalized spacial score (nSPS) is 24.6. The van der Waals surface area contributed by atoms with E-state index in [1.165, 1.54) is 0 Å². The molecule has 2 fully saturated rings. The first-order chi connectivity index (χ1) is 15.1. The highest BCUT2D eigenvalue weighted by atomic mass is 19.4. The second kappa shape index (κ2) is 9.99. The fraction of sp³-hybridized carbons (Fsp3) is 0.591. The van der Waals surface area contributed by atoms with Gasteiger partial charge in [0.25, 0.3) is 0 Å².